The van der Waals surface area contributed by atoms with Gasteiger partial charge in [0.05, 0.1) is 11.6 Å². The van der Waals surface area contributed by atoms with Crippen LogP contribution in [-0.4, -0.2) is 18.9 Å². The normalized spacial score (nSPS) is 16.2. The molecule has 0 atom stereocenters. The SMILES string of the molecule is N#Cc1ccc(CCC(=O)C2CCNCC2)cc1. The number of nitrogens with one attached hydrogen (secondary N) is 1. The fraction of sp³-hybridized carbons (Fsp3) is 0.467. The van der Waals surface area contributed by atoms with Gasteiger partial charge < -0.3 is 5.32 Å². The van der Waals surface area contributed by atoms with Crippen LogP contribution in [0, 0.1) is 17.2 Å². The van der Waals surface area contributed by atoms with Crippen LogP contribution in [0.1, 0.15) is 30.4 Å². The van der Waals surface area contributed by atoms with Gasteiger partial charge in [-0.1, -0.05) is 12.1 Å². The first-order valence-electron chi connectivity index (χ1n) is 6.52. The number of carbonyl (C=O) groups excluding carboxylic acids is 1. The van der Waals surface area contributed by atoms with Crippen molar-refractivity contribution in [1.82, 2.24) is 5.32 Å². The average Bonchev–Trinajstić information content (AvgIpc) is 2.46. The quantitative estimate of drug-likeness (QED) is 0.879. The predicted molar refractivity (Wildman–Crippen MR) is 70.1 cm³/mol. The summed E-state index contributed by atoms with van der Waals surface area (Å²) in [5.74, 6) is 0.644. The van der Waals surface area contributed by atoms with Crippen molar-refractivity contribution in [1.29, 1.82) is 5.26 Å². The Kier molecular flexibility index (Phi) is 4.49. The van der Waals surface area contributed by atoms with E-state index in [4.69, 9.17) is 5.26 Å². The minimum absolute atomic E-state index is 0.254. The molecule has 0 radical (unpaired) electrons. The van der Waals surface area contributed by atoms with Crippen molar-refractivity contribution in [3.8, 4) is 6.07 Å². The molecule has 1 aliphatic heterocycles. The van der Waals surface area contributed by atoms with E-state index < -0.39 is 0 Å². The Morgan fingerprint density at radius 2 is 1.94 bits per heavy atom. The van der Waals surface area contributed by atoms with Crippen molar-refractivity contribution < 1.29 is 4.79 Å². The second kappa shape index (κ2) is 6.32. The molecule has 1 heterocycles. The lowest BCUT2D eigenvalue weighted by Gasteiger charge is -2.21. The van der Waals surface area contributed by atoms with Crippen molar-refractivity contribution >= 4 is 5.78 Å². The maximum atomic E-state index is 12.0. The van der Waals surface area contributed by atoms with Gasteiger partial charge in [-0.2, -0.15) is 5.26 Å². The van der Waals surface area contributed by atoms with Gasteiger partial charge in [0.1, 0.15) is 5.78 Å². The van der Waals surface area contributed by atoms with Crippen molar-refractivity contribution in [3.63, 3.8) is 0 Å². The minimum Gasteiger partial charge on any atom is -0.317 e. The maximum Gasteiger partial charge on any atom is 0.136 e. The van der Waals surface area contributed by atoms with E-state index >= 15 is 0 Å². The summed E-state index contributed by atoms with van der Waals surface area (Å²) in [5, 5.41) is 12.0. The molecule has 1 aromatic rings. The number of Topliss-reactive ketones (excluding diaryl/α,β-unsaturated/α-hetero) is 1. The lowest BCUT2D eigenvalue weighted by molar-refractivity contribution is -0.123. The third kappa shape index (κ3) is 3.41. The predicted octanol–water partition coefficient (Wildman–Crippen LogP) is 2.06. The first kappa shape index (κ1) is 12.8. The van der Waals surface area contributed by atoms with E-state index in [-0.39, 0.29) is 5.92 Å². The molecule has 0 saturated carbocycles. The summed E-state index contributed by atoms with van der Waals surface area (Å²) < 4.78 is 0. The lowest BCUT2D eigenvalue weighted by atomic mass is 9.90. The molecule has 0 bridgehead atoms. The zero-order valence-electron chi connectivity index (χ0n) is 10.5. The summed E-state index contributed by atoms with van der Waals surface area (Å²) in [4.78, 5) is 12.0. The monoisotopic (exact) mass is 242 g/mol. The molecular formula is C15H18N2O. The van der Waals surface area contributed by atoms with Gasteiger partial charge in [-0.25, -0.2) is 0 Å². The summed E-state index contributed by atoms with van der Waals surface area (Å²) in [6.07, 6.45) is 3.36. The summed E-state index contributed by atoms with van der Waals surface area (Å²) in [6.45, 7) is 1.93. The molecule has 18 heavy (non-hydrogen) atoms. The van der Waals surface area contributed by atoms with E-state index in [0.29, 0.717) is 17.8 Å². The summed E-state index contributed by atoms with van der Waals surface area (Å²) >= 11 is 0. The van der Waals surface area contributed by atoms with Crippen LogP contribution in [0.2, 0.25) is 0 Å². The Hall–Kier alpha value is -1.66. The number of ketones is 1. The van der Waals surface area contributed by atoms with E-state index in [1.807, 2.05) is 24.3 Å². The molecule has 1 aliphatic rings. The third-order valence-corrected chi connectivity index (χ3v) is 3.54. The van der Waals surface area contributed by atoms with E-state index in [2.05, 4.69) is 11.4 Å². The van der Waals surface area contributed by atoms with Crippen LogP contribution in [-0.2, 0) is 11.2 Å². The molecule has 0 spiro atoms. The van der Waals surface area contributed by atoms with E-state index in [0.717, 1.165) is 37.9 Å². The number of rotatable bonds is 4. The topological polar surface area (TPSA) is 52.9 Å². The number of carbonyl (C=O) groups is 1. The molecule has 0 aliphatic carbocycles. The molecule has 3 heteroatoms. The van der Waals surface area contributed by atoms with Gasteiger partial charge in [0, 0.05) is 12.3 Å². The highest BCUT2D eigenvalue weighted by Crippen LogP contribution is 2.16. The van der Waals surface area contributed by atoms with Crippen LogP contribution in [0.4, 0.5) is 0 Å². The number of nitriles is 1. The molecule has 94 valence electrons. The van der Waals surface area contributed by atoms with Gasteiger partial charge >= 0.3 is 0 Å². The first-order valence-corrected chi connectivity index (χ1v) is 6.52. The van der Waals surface area contributed by atoms with E-state index in [9.17, 15) is 4.79 Å². The summed E-state index contributed by atoms with van der Waals surface area (Å²) in [5.41, 5.74) is 1.81. The number of benzene rings is 1. The molecule has 3 nitrogen and oxygen atoms in total. The maximum absolute atomic E-state index is 12.0. The summed E-state index contributed by atoms with van der Waals surface area (Å²) in [7, 11) is 0. The molecule has 1 aromatic carbocycles. The van der Waals surface area contributed by atoms with Crippen LogP contribution in [0.3, 0.4) is 0 Å². The largest absolute Gasteiger partial charge is 0.317 e. The van der Waals surface area contributed by atoms with Gasteiger partial charge in [-0.05, 0) is 50.0 Å². The number of nitrogens with zero attached hydrogens (tertiary/aromatic N) is 1. The van der Waals surface area contributed by atoms with Crippen LogP contribution in [0.15, 0.2) is 24.3 Å². The zero-order valence-corrected chi connectivity index (χ0v) is 10.5. The number of hydrogen-bond acceptors (Lipinski definition) is 3. The second-order valence-electron chi connectivity index (χ2n) is 4.80. The highest BCUT2D eigenvalue weighted by molar-refractivity contribution is 5.81. The van der Waals surface area contributed by atoms with Crippen molar-refractivity contribution in [3.05, 3.63) is 35.4 Å². The molecule has 0 aromatic heterocycles. The smallest absolute Gasteiger partial charge is 0.136 e. The van der Waals surface area contributed by atoms with E-state index in [1.54, 1.807) is 0 Å². The van der Waals surface area contributed by atoms with Gasteiger partial charge in [-0.15, -0.1) is 0 Å². The van der Waals surface area contributed by atoms with Gasteiger partial charge in [0.25, 0.3) is 0 Å². The Labute approximate surface area is 108 Å². The van der Waals surface area contributed by atoms with Crippen LogP contribution >= 0.6 is 0 Å². The average molecular weight is 242 g/mol. The fourth-order valence-electron chi connectivity index (χ4n) is 2.36. The number of hydrogen-bond donors (Lipinski definition) is 1. The molecular weight excluding hydrogens is 224 g/mol. The Morgan fingerprint density at radius 3 is 2.56 bits per heavy atom. The Balaban J connectivity index is 1.83. The molecule has 1 saturated heterocycles. The van der Waals surface area contributed by atoms with Crippen molar-refractivity contribution in [2.45, 2.75) is 25.7 Å². The first-order chi connectivity index (χ1) is 8.79. The minimum atomic E-state index is 0.254. The molecule has 1 N–H and O–H groups in total. The van der Waals surface area contributed by atoms with Crippen LogP contribution < -0.4 is 5.32 Å². The molecule has 1 fully saturated rings. The fourth-order valence-corrected chi connectivity index (χ4v) is 2.36. The zero-order chi connectivity index (χ0) is 12.8. The third-order valence-electron chi connectivity index (χ3n) is 3.54. The molecule has 2 rings (SSSR count). The second-order valence-corrected chi connectivity index (χ2v) is 4.80. The lowest BCUT2D eigenvalue weighted by Crippen LogP contribution is -2.31. The number of aryl methyl sites for hydroxylation is 1. The van der Waals surface area contributed by atoms with Gasteiger partial charge in [0.15, 0.2) is 0 Å². The Morgan fingerprint density at radius 1 is 1.28 bits per heavy atom. The Bertz CT molecular complexity index is 439. The van der Waals surface area contributed by atoms with Gasteiger partial charge in [-0.3, -0.25) is 4.79 Å². The van der Waals surface area contributed by atoms with Crippen molar-refractivity contribution in [2.24, 2.45) is 5.92 Å². The van der Waals surface area contributed by atoms with Crippen LogP contribution in [0.25, 0.3) is 0 Å². The molecule has 0 amide bonds. The van der Waals surface area contributed by atoms with E-state index in [1.165, 1.54) is 0 Å². The van der Waals surface area contributed by atoms with Crippen molar-refractivity contribution in [2.75, 3.05) is 13.1 Å². The highest BCUT2D eigenvalue weighted by Gasteiger charge is 2.20. The standard InChI is InChI=1S/C15H18N2O/c16-11-13-3-1-12(2-4-13)5-6-15(18)14-7-9-17-10-8-14/h1-4,14,17H,5-10H2. The number of piperidine rings is 1. The summed E-state index contributed by atoms with van der Waals surface area (Å²) in [6, 6.07) is 9.59. The van der Waals surface area contributed by atoms with Gasteiger partial charge in [0.2, 0.25) is 0 Å². The molecule has 0 unspecified atom stereocenters. The highest BCUT2D eigenvalue weighted by atomic mass is 16.1. The van der Waals surface area contributed by atoms with Crippen LogP contribution in [0.5, 0.6) is 0 Å².